The van der Waals surface area contributed by atoms with E-state index in [1.807, 2.05) is 56.3 Å². The van der Waals surface area contributed by atoms with E-state index in [4.69, 9.17) is 10.5 Å². The molecule has 0 amide bonds. The van der Waals surface area contributed by atoms with Gasteiger partial charge in [0.2, 0.25) is 0 Å². The molecule has 0 fully saturated rings. The minimum Gasteiger partial charge on any atom is -0.491 e. The Hall–Kier alpha value is -2.93. The van der Waals surface area contributed by atoms with E-state index in [0.29, 0.717) is 11.3 Å². The number of nitriles is 1. The predicted octanol–water partition coefficient (Wildman–Crippen LogP) is 4.96. The van der Waals surface area contributed by atoms with Gasteiger partial charge < -0.3 is 15.0 Å². The average molecular weight is 333 g/mol. The number of aromatic nitrogens is 1. The maximum Gasteiger partial charge on any atom is 0.121 e. The number of hydrogen-bond acceptors (Lipinski definition) is 3. The van der Waals surface area contributed by atoms with Gasteiger partial charge in [-0.25, -0.2) is 0 Å². The van der Waals surface area contributed by atoms with Crippen LogP contribution in [-0.4, -0.2) is 10.7 Å². The zero-order valence-corrected chi connectivity index (χ0v) is 14.9. The Morgan fingerprint density at radius 1 is 1.16 bits per heavy atom. The summed E-state index contributed by atoms with van der Waals surface area (Å²) in [6.07, 6.45) is 1.09. The molecule has 3 rings (SSSR count). The summed E-state index contributed by atoms with van der Waals surface area (Å²) in [5.74, 6) is 0.825. The van der Waals surface area contributed by atoms with Gasteiger partial charge in [0.05, 0.1) is 22.9 Å². The van der Waals surface area contributed by atoms with E-state index in [-0.39, 0.29) is 6.10 Å². The summed E-state index contributed by atoms with van der Waals surface area (Å²) in [6, 6.07) is 16.0. The van der Waals surface area contributed by atoms with Crippen LogP contribution in [0.25, 0.3) is 22.2 Å². The molecular formula is C21H23N3O. The normalized spacial score (nSPS) is 11.0. The molecule has 1 heterocycles. The van der Waals surface area contributed by atoms with E-state index in [9.17, 15) is 5.26 Å². The van der Waals surface area contributed by atoms with Crippen LogP contribution in [0, 0.1) is 11.3 Å². The van der Waals surface area contributed by atoms with Crippen LogP contribution in [0.5, 0.6) is 5.75 Å². The molecule has 0 atom stereocenters. The minimum absolute atomic E-state index is 0.110. The van der Waals surface area contributed by atoms with Crippen LogP contribution in [0.2, 0.25) is 0 Å². The van der Waals surface area contributed by atoms with E-state index in [1.54, 1.807) is 0 Å². The quantitative estimate of drug-likeness (QED) is 0.671. The Morgan fingerprint density at radius 2 is 1.88 bits per heavy atom. The summed E-state index contributed by atoms with van der Waals surface area (Å²) in [7, 11) is 0. The highest BCUT2D eigenvalue weighted by Gasteiger charge is 2.19. The summed E-state index contributed by atoms with van der Waals surface area (Å²) >= 11 is 0. The summed E-state index contributed by atoms with van der Waals surface area (Å²) < 4.78 is 8.06. The fourth-order valence-corrected chi connectivity index (χ4v) is 3.18. The highest BCUT2D eigenvalue weighted by molar-refractivity contribution is 5.95. The Bertz CT molecular complexity index is 930. The Balaban J connectivity index is 2.28. The van der Waals surface area contributed by atoms with E-state index < -0.39 is 0 Å². The number of nitrogen functional groups attached to an aromatic ring is 1. The van der Waals surface area contributed by atoms with Gasteiger partial charge in [-0.2, -0.15) is 5.26 Å². The molecule has 4 nitrogen and oxygen atoms in total. The van der Waals surface area contributed by atoms with Gasteiger partial charge in [0, 0.05) is 23.7 Å². The molecule has 4 heteroatoms. The van der Waals surface area contributed by atoms with Crippen molar-refractivity contribution < 1.29 is 4.74 Å². The molecule has 0 aliphatic carbocycles. The lowest BCUT2D eigenvalue weighted by Crippen LogP contribution is -2.05. The first-order chi connectivity index (χ1) is 12.0. The highest BCUT2D eigenvalue weighted by atomic mass is 16.5. The van der Waals surface area contributed by atoms with Crippen molar-refractivity contribution in [3.8, 4) is 23.1 Å². The summed E-state index contributed by atoms with van der Waals surface area (Å²) in [6.45, 7) is 6.99. The number of rotatable bonds is 5. The van der Waals surface area contributed by atoms with Gasteiger partial charge in [0.15, 0.2) is 0 Å². The van der Waals surface area contributed by atoms with Gasteiger partial charge >= 0.3 is 0 Å². The van der Waals surface area contributed by atoms with Crippen LogP contribution in [0.3, 0.4) is 0 Å². The first-order valence-electron chi connectivity index (χ1n) is 8.64. The number of ether oxygens (including phenoxy) is 1. The molecule has 3 aromatic rings. The number of fused-ring (bicyclic) bond motifs is 1. The number of nitrogens with two attached hydrogens (primary N) is 1. The van der Waals surface area contributed by atoms with Gasteiger partial charge in [0.25, 0.3) is 0 Å². The molecule has 128 valence electrons. The number of nitrogens with zero attached hydrogens (tertiary/aromatic N) is 2. The Labute approximate surface area is 148 Å². The zero-order valence-electron chi connectivity index (χ0n) is 14.9. The van der Waals surface area contributed by atoms with Crippen LogP contribution in [0.1, 0.15) is 32.8 Å². The standard InChI is InChI=1S/C21H23N3O/c1-4-11-24-20-12-17(25-14(2)3)9-10-18(20)19(13-22)21(24)15-5-7-16(23)8-6-15/h5-10,12,14H,4,11,23H2,1-3H3. The number of anilines is 1. The minimum atomic E-state index is 0.110. The molecule has 25 heavy (non-hydrogen) atoms. The van der Waals surface area contributed by atoms with E-state index in [1.165, 1.54) is 0 Å². The summed E-state index contributed by atoms with van der Waals surface area (Å²) in [5.41, 5.74) is 10.2. The second-order valence-electron chi connectivity index (χ2n) is 6.45. The number of benzene rings is 2. The molecule has 0 aliphatic heterocycles. The highest BCUT2D eigenvalue weighted by Crippen LogP contribution is 2.36. The van der Waals surface area contributed by atoms with Crippen molar-refractivity contribution in [2.24, 2.45) is 0 Å². The van der Waals surface area contributed by atoms with E-state index in [2.05, 4.69) is 17.6 Å². The molecule has 2 aromatic carbocycles. The van der Waals surface area contributed by atoms with Gasteiger partial charge in [-0.1, -0.05) is 19.1 Å². The van der Waals surface area contributed by atoms with Crippen LogP contribution in [0.15, 0.2) is 42.5 Å². The van der Waals surface area contributed by atoms with E-state index >= 15 is 0 Å². The third-order valence-corrected chi connectivity index (χ3v) is 4.15. The van der Waals surface area contributed by atoms with Crippen LogP contribution in [-0.2, 0) is 6.54 Å². The number of aryl methyl sites for hydroxylation is 1. The first-order valence-corrected chi connectivity index (χ1v) is 8.64. The van der Waals surface area contributed by atoms with Crippen LogP contribution >= 0.6 is 0 Å². The first kappa shape index (κ1) is 16.9. The molecule has 0 spiro atoms. The monoisotopic (exact) mass is 333 g/mol. The molecule has 0 saturated carbocycles. The predicted molar refractivity (Wildman–Crippen MR) is 103 cm³/mol. The fourth-order valence-electron chi connectivity index (χ4n) is 3.18. The largest absolute Gasteiger partial charge is 0.491 e. The van der Waals surface area contributed by atoms with Crippen molar-refractivity contribution in [1.82, 2.24) is 4.57 Å². The maximum absolute atomic E-state index is 9.81. The van der Waals surface area contributed by atoms with Gasteiger partial charge in [-0.15, -0.1) is 0 Å². The van der Waals surface area contributed by atoms with Crippen LogP contribution < -0.4 is 10.5 Å². The molecule has 0 aliphatic rings. The summed E-state index contributed by atoms with van der Waals surface area (Å²) in [4.78, 5) is 0. The maximum atomic E-state index is 9.81. The fraction of sp³-hybridized carbons (Fsp3) is 0.286. The van der Waals surface area contributed by atoms with Crippen molar-refractivity contribution in [3.63, 3.8) is 0 Å². The van der Waals surface area contributed by atoms with Gasteiger partial charge in [-0.3, -0.25) is 0 Å². The molecule has 0 radical (unpaired) electrons. The third-order valence-electron chi connectivity index (χ3n) is 4.15. The van der Waals surface area contributed by atoms with Crippen molar-refractivity contribution >= 4 is 16.6 Å². The van der Waals surface area contributed by atoms with Gasteiger partial charge in [-0.05, 0) is 50.1 Å². The zero-order chi connectivity index (χ0) is 18.0. The van der Waals surface area contributed by atoms with Crippen molar-refractivity contribution in [2.45, 2.75) is 39.8 Å². The lowest BCUT2D eigenvalue weighted by Gasteiger charge is -2.12. The van der Waals surface area contributed by atoms with Crippen molar-refractivity contribution in [3.05, 3.63) is 48.0 Å². The molecule has 0 unspecified atom stereocenters. The molecular weight excluding hydrogens is 310 g/mol. The molecule has 2 N–H and O–H groups in total. The lowest BCUT2D eigenvalue weighted by atomic mass is 10.1. The third kappa shape index (κ3) is 3.18. The lowest BCUT2D eigenvalue weighted by molar-refractivity contribution is 0.242. The second-order valence-corrected chi connectivity index (χ2v) is 6.45. The topological polar surface area (TPSA) is 64.0 Å². The average Bonchev–Trinajstić information content (AvgIpc) is 2.88. The smallest absolute Gasteiger partial charge is 0.121 e. The summed E-state index contributed by atoms with van der Waals surface area (Å²) in [5, 5.41) is 10.8. The Kier molecular flexibility index (Phi) is 4.67. The molecule has 1 aromatic heterocycles. The Morgan fingerprint density at radius 3 is 2.48 bits per heavy atom. The molecule has 0 bridgehead atoms. The molecule has 0 saturated heterocycles. The second kappa shape index (κ2) is 6.90. The van der Waals surface area contributed by atoms with E-state index in [0.717, 1.165) is 40.9 Å². The van der Waals surface area contributed by atoms with Crippen LogP contribution in [0.4, 0.5) is 5.69 Å². The SMILES string of the molecule is CCCn1c(-c2ccc(N)cc2)c(C#N)c2ccc(OC(C)C)cc21. The van der Waals surface area contributed by atoms with Gasteiger partial charge in [0.1, 0.15) is 11.8 Å². The van der Waals surface area contributed by atoms with Crippen molar-refractivity contribution in [1.29, 1.82) is 5.26 Å². The van der Waals surface area contributed by atoms with Crippen molar-refractivity contribution in [2.75, 3.05) is 5.73 Å². The number of hydrogen-bond donors (Lipinski definition) is 1.